The summed E-state index contributed by atoms with van der Waals surface area (Å²) in [6.07, 6.45) is 6.38. The van der Waals surface area contributed by atoms with Gasteiger partial charge in [0, 0.05) is 81.3 Å². The second-order valence-corrected chi connectivity index (χ2v) is 13.0. The highest BCUT2D eigenvalue weighted by atomic mass is 32.1. The lowest BCUT2D eigenvalue weighted by Gasteiger charge is -2.36. The first-order chi connectivity index (χ1) is 22.9. The fraction of sp³-hybridized carbons (Fsp3) is 0.343. The molecule has 0 bridgehead atoms. The summed E-state index contributed by atoms with van der Waals surface area (Å²) in [7, 11) is 1.93. The maximum atomic E-state index is 13.6. The minimum Gasteiger partial charge on any atom is -0.357 e. The van der Waals surface area contributed by atoms with E-state index >= 15 is 0 Å². The molecule has 1 amide bonds. The molecule has 10 nitrogen and oxygen atoms in total. The highest BCUT2D eigenvalue weighted by Crippen LogP contribution is 2.37. The van der Waals surface area contributed by atoms with Crippen LogP contribution in [-0.2, 0) is 11.2 Å². The van der Waals surface area contributed by atoms with E-state index in [1.807, 2.05) is 29.1 Å². The van der Waals surface area contributed by atoms with E-state index in [9.17, 15) is 14.4 Å². The monoisotopic (exact) mass is 649 g/mol. The molecule has 0 saturated carbocycles. The molecule has 0 spiro atoms. The minimum absolute atomic E-state index is 0.0937. The molecule has 2 fully saturated rings. The van der Waals surface area contributed by atoms with Gasteiger partial charge in [-0.25, -0.2) is 19.3 Å². The van der Waals surface area contributed by atoms with Gasteiger partial charge in [0.25, 0.3) is 0 Å². The van der Waals surface area contributed by atoms with Crippen molar-refractivity contribution in [2.45, 2.75) is 26.2 Å². The molecule has 2 aliphatic heterocycles. The molecule has 0 atom stereocenters. The number of carbonyl (C=O) groups excluding carboxylic acids is 1. The van der Waals surface area contributed by atoms with Crippen LogP contribution in [0, 0.1) is 23.1 Å². The molecule has 0 aliphatic carbocycles. The average Bonchev–Trinajstić information content (AvgIpc) is 3.73. The van der Waals surface area contributed by atoms with Crippen LogP contribution in [0.2, 0.25) is 0 Å². The summed E-state index contributed by atoms with van der Waals surface area (Å²) in [5.41, 5.74) is 4.93. The fourth-order valence-corrected chi connectivity index (χ4v) is 7.36. The predicted octanol–water partition coefficient (Wildman–Crippen LogP) is 5.51. The molecule has 0 unspecified atom stereocenters. The van der Waals surface area contributed by atoms with Gasteiger partial charge in [-0.2, -0.15) is 5.26 Å². The summed E-state index contributed by atoms with van der Waals surface area (Å²) >= 11 is 1.30. The number of nitriles is 1. The topological polar surface area (TPSA) is 106 Å². The molecule has 0 radical (unpaired) electrons. The number of halogens is 1. The van der Waals surface area contributed by atoms with Crippen molar-refractivity contribution in [1.82, 2.24) is 29.6 Å². The van der Waals surface area contributed by atoms with E-state index in [1.54, 1.807) is 12.1 Å². The second-order valence-electron chi connectivity index (χ2n) is 12.0. The van der Waals surface area contributed by atoms with Gasteiger partial charge >= 0.3 is 0 Å². The zero-order chi connectivity index (χ0) is 32.5. The highest BCUT2D eigenvalue weighted by molar-refractivity contribution is 7.16. The van der Waals surface area contributed by atoms with E-state index in [0.29, 0.717) is 33.6 Å². The van der Waals surface area contributed by atoms with Crippen LogP contribution in [0.5, 0.6) is 0 Å². The van der Waals surface area contributed by atoms with Crippen LogP contribution in [0.1, 0.15) is 30.3 Å². The maximum Gasteiger partial charge on any atom is 0.225 e. The van der Waals surface area contributed by atoms with Gasteiger partial charge in [-0.3, -0.25) is 9.20 Å². The number of anilines is 3. The number of nitrogens with zero attached hydrogens (tertiary/aromatic N) is 8. The number of imidazole rings is 1. The Morgan fingerprint density at radius 3 is 2.43 bits per heavy atom. The normalized spacial score (nSPS) is 15.6. The Balaban J connectivity index is 1.11. The molecule has 6 heterocycles. The van der Waals surface area contributed by atoms with Crippen LogP contribution in [0.25, 0.3) is 28.0 Å². The van der Waals surface area contributed by atoms with E-state index < -0.39 is 0 Å². The third-order valence-electron chi connectivity index (χ3n) is 9.12. The summed E-state index contributed by atoms with van der Waals surface area (Å²) < 4.78 is 15.6. The van der Waals surface area contributed by atoms with Gasteiger partial charge < -0.3 is 20.0 Å². The molecule has 2 aliphatic rings. The average molecular weight is 650 g/mol. The number of benzene rings is 1. The lowest BCUT2D eigenvalue weighted by Crippen LogP contribution is -2.50. The minimum atomic E-state index is -0.335. The molecular weight excluding hydrogens is 614 g/mol. The van der Waals surface area contributed by atoms with E-state index in [0.717, 1.165) is 86.2 Å². The predicted molar refractivity (Wildman–Crippen MR) is 182 cm³/mol. The van der Waals surface area contributed by atoms with Crippen molar-refractivity contribution in [3.05, 3.63) is 77.3 Å². The van der Waals surface area contributed by atoms with Crippen molar-refractivity contribution in [1.29, 1.82) is 5.26 Å². The number of piperidine rings is 1. The summed E-state index contributed by atoms with van der Waals surface area (Å²) in [5.74, 6) is 1.85. The lowest BCUT2D eigenvalue weighted by atomic mass is 9.95. The first kappa shape index (κ1) is 30.8. The van der Waals surface area contributed by atoms with E-state index in [4.69, 9.17) is 15.0 Å². The van der Waals surface area contributed by atoms with Crippen molar-refractivity contribution >= 4 is 39.7 Å². The molecule has 1 aromatic carbocycles. The number of carbonyl (C=O) groups is 1. The van der Waals surface area contributed by atoms with Gasteiger partial charge in [0.05, 0.1) is 5.69 Å². The van der Waals surface area contributed by atoms with Crippen molar-refractivity contribution in [2.75, 3.05) is 56.1 Å². The zero-order valence-electron chi connectivity index (χ0n) is 26.5. The number of rotatable bonds is 7. The highest BCUT2D eigenvalue weighted by Gasteiger charge is 2.29. The molecule has 5 aromatic rings. The fourth-order valence-electron chi connectivity index (χ4n) is 6.51. The molecule has 1 N–H and O–H groups in total. The van der Waals surface area contributed by atoms with Crippen molar-refractivity contribution in [3.63, 3.8) is 0 Å². The molecular formula is C35H36FN9OS. The third-order valence-corrected chi connectivity index (χ3v) is 10.2. The molecule has 7 rings (SSSR count). The molecule has 47 heavy (non-hydrogen) atoms. The zero-order valence-corrected chi connectivity index (χ0v) is 27.3. The van der Waals surface area contributed by atoms with E-state index in [-0.39, 0.29) is 11.7 Å². The lowest BCUT2D eigenvalue weighted by molar-refractivity contribution is -0.136. The van der Waals surface area contributed by atoms with Crippen LogP contribution in [0.4, 0.5) is 21.2 Å². The van der Waals surface area contributed by atoms with Gasteiger partial charge in [0.1, 0.15) is 39.7 Å². The Hall–Kier alpha value is -4.86. The second kappa shape index (κ2) is 13.1. The number of thiazole rings is 1. The Labute approximate surface area is 277 Å². The standard InChI is InChI=1S/C35H36FN9OS/c1-3-28-33(42(2)35-41-32(29(20-37)47-35)23-4-8-27(36)9-5-23)45-22-26(7-11-31(45)40-28)25-6-10-30(39-21-25)43-16-12-24(13-17-43)34(46)44-18-14-38-15-19-44/h4-11,21-22,24,38H,3,12-19H2,1-2H3. The Morgan fingerprint density at radius 2 is 1.74 bits per heavy atom. The number of nitrogens with one attached hydrogen (secondary N) is 1. The Morgan fingerprint density at radius 1 is 1.02 bits per heavy atom. The maximum absolute atomic E-state index is 13.6. The van der Waals surface area contributed by atoms with Gasteiger partial charge in [0.2, 0.25) is 5.91 Å². The van der Waals surface area contributed by atoms with Gasteiger partial charge in [-0.15, -0.1) is 0 Å². The van der Waals surface area contributed by atoms with E-state index in [2.05, 4.69) is 52.0 Å². The first-order valence-electron chi connectivity index (χ1n) is 16.1. The molecule has 240 valence electrons. The molecule has 12 heteroatoms. The Bertz CT molecular complexity index is 1930. The quantitative estimate of drug-likeness (QED) is 0.246. The number of aryl methyl sites for hydroxylation is 1. The van der Waals surface area contributed by atoms with Gasteiger partial charge in [-0.1, -0.05) is 18.3 Å². The third kappa shape index (κ3) is 6.04. The van der Waals surface area contributed by atoms with E-state index in [1.165, 1.54) is 23.5 Å². The largest absolute Gasteiger partial charge is 0.357 e. The number of hydrogen-bond donors (Lipinski definition) is 1. The van der Waals surface area contributed by atoms with Crippen LogP contribution in [0.15, 0.2) is 60.9 Å². The van der Waals surface area contributed by atoms with Crippen LogP contribution in [0.3, 0.4) is 0 Å². The van der Waals surface area contributed by atoms with Crippen molar-refractivity contribution in [3.8, 4) is 28.5 Å². The van der Waals surface area contributed by atoms with Crippen molar-refractivity contribution < 1.29 is 9.18 Å². The van der Waals surface area contributed by atoms with Crippen LogP contribution < -0.4 is 15.1 Å². The van der Waals surface area contributed by atoms with Gasteiger partial charge in [0.15, 0.2) is 5.13 Å². The summed E-state index contributed by atoms with van der Waals surface area (Å²) in [6, 6.07) is 16.5. The van der Waals surface area contributed by atoms with Gasteiger partial charge in [-0.05, 0) is 67.8 Å². The SMILES string of the molecule is CCc1nc2ccc(-c3ccc(N4CCC(C(=O)N5CCNCC5)CC4)nc3)cn2c1N(C)c1nc(-c2ccc(F)cc2)c(C#N)s1. The number of amides is 1. The molecule has 4 aromatic heterocycles. The number of hydrogen-bond acceptors (Lipinski definition) is 9. The van der Waals surface area contributed by atoms with Crippen molar-refractivity contribution in [2.24, 2.45) is 5.92 Å². The smallest absolute Gasteiger partial charge is 0.225 e. The Kier molecular flexibility index (Phi) is 8.58. The summed E-state index contributed by atoms with van der Waals surface area (Å²) in [4.78, 5) is 34.2. The number of fused-ring (bicyclic) bond motifs is 1. The number of aromatic nitrogens is 4. The number of piperazine rings is 1. The number of pyridine rings is 2. The first-order valence-corrected chi connectivity index (χ1v) is 16.9. The molecule has 2 saturated heterocycles. The van der Waals surface area contributed by atoms with Crippen LogP contribution >= 0.6 is 11.3 Å². The summed E-state index contributed by atoms with van der Waals surface area (Å²) in [5, 5.41) is 13.8. The summed E-state index contributed by atoms with van der Waals surface area (Å²) in [6.45, 7) is 7.06. The van der Waals surface area contributed by atoms with Crippen LogP contribution in [-0.4, -0.2) is 76.5 Å².